The van der Waals surface area contributed by atoms with Gasteiger partial charge in [-0.1, -0.05) is 12.1 Å². The zero-order valence-electron chi connectivity index (χ0n) is 11.2. The van der Waals surface area contributed by atoms with Gasteiger partial charge in [0.25, 0.3) is 0 Å². The summed E-state index contributed by atoms with van der Waals surface area (Å²) in [6.07, 6.45) is 0. The number of benzene rings is 2. The summed E-state index contributed by atoms with van der Waals surface area (Å²) < 4.78 is 16.5. The predicted octanol–water partition coefficient (Wildman–Crippen LogP) is 1.79. The molecule has 0 saturated carbocycles. The van der Waals surface area contributed by atoms with Crippen molar-refractivity contribution in [3.8, 4) is 23.0 Å². The van der Waals surface area contributed by atoms with Crippen molar-refractivity contribution in [1.82, 2.24) is 0 Å². The standard InChI is InChI=1S/C16H14O5/c17-7-16(10-1-3-11(18)4-2-10)8-19-13-6-15-14(5-12(13)16)20-9-21-15/h1-6,17-18H,7-9H2. The van der Waals surface area contributed by atoms with Crippen LogP contribution in [0, 0.1) is 0 Å². The number of rotatable bonds is 2. The number of phenols is 1. The summed E-state index contributed by atoms with van der Waals surface area (Å²) >= 11 is 0. The third-order valence-electron chi connectivity index (χ3n) is 4.15. The summed E-state index contributed by atoms with van der Waals surface area (Å²) in [5.41, 5.74) is 1.12. The van der Waals surface area contributed by atoms with E-state index in [4.69, 9.17) is 14.2 Å². The van der Waals surface area contributed by atoms with E-state index in [0.717, 1.165) is 11.1 Å². The van der Waals surface area contributed by atoms with E-state index in [1.165, 1.54) is 0 Å². The molecule has 5 heteroatoms. The van der Waals surface area contributed by atoms with E-state index in [-0.39, 0.29) is 19.1 Å². The lowest BCUT2D eigenvalue weighted by Gasteiger charge is -2.26. The molecule has 108 valence electrons. The van der Waals surface area contributed by atoms with Gasteiger partial charge in [-0.2, -0.15) is 0 Å². The Morgan fingerprint density at radius 2 is 1.67 bits per heavy atom. The van der Waals surface area contributed by atoms with Gasteiger partial charge in [0.2, 0.25) is 6.79 Å². The molecule has 2 aliphatic rings. The monoisotopic (exact) mass is 286 g/mol. The van der Waals surface area contributed by atoms with Crippen molar-refractivity contribution in [2.45, 2.75) is 5.41 Å². The predicted molar refractivity (Wildman–Crippen MR) is 74.0 cm³/mol. The zero-order chi connectivity index (χ0) is 14.4. The molecule has 2 heterocycles. The molecule has 1 atom stereocenters. The minimum absolute atomic E-state index is 0.0928. The number of hydrogen-bond donors (Lipinski definition) is 2. The van der Waals surface area contributed by atoms with Gasteiger partial charge in [0.1, 0.15) is 18.1 Å². The lowest BCUT2D eigenvalue weighted by atomic mass is 9.76. The van der Waals surface area contributed by atoms with E-state index in [9.17, 15) is 10.2 Å². The molecule has 0 aromatic heterocycles. The average Bonchev–Trinajstić information content (AvgIpc) is 3.10. The SMILES string of the molecule is OCC1(c2ccc(O)cc2)COc2cc3c(cc21)OCO3. The van der Waals surface area contributed by atoms with Crippen molar-refractivity contribution in [3.05, 3.63) is 47.5 Å². The van der Waals surface area contributed by atoms with Gasteiger partial charge in [0.05, 0.1) is 12.0 Å². The van der Waals surface area contributed by atoms with Gasteiger partial charge < -0.3 is 24.4 Å². The lowest BCUT2D eigenvalue weighted by Crippen LogP contribution is -2.33. The fourth-order valence-corrected chi connectivity index (χ4v) is 2.94. The second-order valence-corrected chi connectivity index (χ2v) is 5.28. The number of aromatic hydroxyl groups is 1. The maximum Gasteiger partial charge on any atom is 0.231 e. The van der Waals surface area contributed by atoms with Crippen molar-refractivity contribution in [3.63, 3.8) is 0 Å². The molecule has 0 amide bonds. The Labute approximate surface area is 121 Å². The summed E-state index contributed by atoms with van der Waals surface area (Å²) in [6, 6.07) is 10.5. The van der Waals surface area contributed by atoms with Crippen LogP contribution in [-0.4, -0.2) is 30.2 Å². The third kappa shape index (κ3) is 1.67. The van der Waals surface area contributed by atoms with Gasteiger partial charge >= 0.3 is 0 Å². The Morgan fingerprint density at radius 3 is 2.38 bits per heavy atom. The molecular weight excluding hydrogens is 272 g/mol. The molecule has 0 spiro atoms. The van der Waals surface area contributed by atoms with Gasteiger partial charge in [0.15, 0.2) is 11.5 Å². The van der Waals surface area contributed by atoms with Crippen LogP contribution in [0.3, 0.4) is 0 Å². The Kier molecular flexibility index (Phi) is 2.53. The topological polar surface area (TPSA) is 68.2 Å². The van der Waals surface area contributed by atoms with Gasteiger partial charge in [-0.25, -0.2) is 0 Å². The van der Waals surface area contributed by atoms with Crippen molar-refractivity contribution < 1.29 is 24.4 Å². The highest BCUT2D eigenvalue weighted by Gasteiger charge is 2.43. The molecule has 2 aromatic rings. The highest BCUT2D eigenvalue weighted by Crippen LogP contribution is 2.49. The lowest BCUT2D eigenvalue weighted by molar-refractivity contribution is 0.171. The molecule has 2 N–H and O–H groups in total. The number of aliphatic hydroxyl groups is 1. The van der Waals surface area contributed by atoms with E-state index in [2.05, 4.69) is 0 Å². The summed E-state index contributed by atoms with van der Waals surface area (Å²) in [5.74, 6) is 2.21. The maximum atomic E-state index is 10.0. The van der Waals surface area contributed by atoms with Gasteiger partial charge in [-0.3, -0.25) is 0 Å². The van der Waals surface area contributed by atoms with Crippen LogP contribution < -0.4 is 14.2 Å². The second-order valence-electron chi connectivity index (χ2n) is 5.28. The van der Waals surface area contributed by atoms with Gasteiger partial charge in [-0.05, 0) is 23.8 Å². The van der Waals surface area contributed by atoms with E-state index < -0.39 is 5.41 Å². The zero-order valence-corrected chi connectivity index (χ0v) is 11.2. The number of fused-ring (bicyclic) bond motifs is 2. The highest BCUT2D eigenvalue weighted by molar-refractivity contribution is 5.59. The third-order valence-corrected chi connectivity index (χ3v) is 4.15. The van der Waals surface area contributed by atoms with Crippen LogP contribution in [0.1, 0.15) is 11.1 Å². The first-order valence-electron chi connectivity index (χ1n) is 6.70. The highest BCUT2D eigenvalue weighted by atomic mass is 16.7. The molecule has 2 aromatic carbocycles. The van der Waals surface area contributed by atoms with Crippen LogP contribution in [-0.2, 0) is 5.41 Å². The molecular formula is C16H14O5. The van der Waals surface area contributed by atoms with Crippen molar-refractivity contribution in [2.75, 3.05) is 20.0 Å². The molecule has 0 aliphatic carbocycles. The van der Waals surface area contributed by atoms with Crippen molar-refractivity contribution in [2.24, 2.45) is 0 Å². The second kappa shape index (κ2) is 4.30. The van der Waals surface area contributed by atoms with Crippen molar-refractivity contribution in [1.29, 1.82) is 0 Å². The maximum absolute atomic E-state index is 10.0. The molecule has 2 aliphatic heterocycles. The molecule has 5 nitrogen and oxygen atoms in total. The molecule has 0 radical (unpaired) electrons. The largest absolute Gasteiger partial charge is 0.508 e. The van der Waals surface area contributed by atoms with Crippen LogP contribution in [0.2, 0.25) is 0 Å². The summed E-state index contributed by atoms with van der Waals surface area (Å²) in [4.78, 5) is 0. The summed E-state index contributed by atoms with van der Waals surface area (Å²) in [5, 5.41) is 19.5. The van der Waals surface area contributed by atoms with E-state index >= 15 is 0 Å². The normalized spacial score (nSPS) is 22.0. The first-order chi connectivity index (χ1) is 10.2. The average molecular weight is 286 g/mol. The van der Waals surface area contributed by atoms with E-state index in [0.29, 0.717) is 23.9 Å². The first-order valence-corrected chi connectivity index (χ1v) is 6.70. The molecule has 0 saturated heterocycles. The molecule has 0 bridgehead atoms. The number of ether oxygens (including phenoxy) is 3. The molecule has 1 unspecified atom stereocenters. The summed E-state index contributed by atoms with van der Waals surface area (Å²) in [7, 11) is 0. The Bertz CT molecular complexity index is 695. The molecule has 4 rings (SSSR count). The Hall–Kier alpha value is -2.40. The minimum atomic E-state index is -0.649. The van der Waals surface area contributed by atoms with E-state index in [1.54, 1.807) is 30.3 Å². The van der Waals surface area contributed by atoms with Gasteiger partial charge in [-0.15, -0.1) is 0 Å². The molecule has 21 heavy (non-hydrogen) atoms. The van der Waals surface area contributed by atoms with Crippen LogP contribution in [0.5, 0.6) is 23.0 Å². The molecule has 0 fully saturated rings. The number of hydrogen-bond acceptors (Lipinski definition) is 5. The minimum Gasteiger partial charge on any atom is -0.508 e. The fraction of sp³-hybridized carbons (Fsp3) is 0.250. The summed E-state index contributed by atoms with van der Waals surface area (Å²) in [6.45, 7) is 0.445. The smallest absolute Gasteiger partial charge is 0.231 e. The van der Waals surface area contributed by atoms with Crippen LogP contribution in [0.25, 0.3) is 0 Å². The van der Waals surface area contributed by atoms with Crippen LogP contribution >= 0.6 is 0 Å². The Morgan fingerprint density at radius 1 is 0.952 bits per heavy atom. The first kappa shape index (κ1) is 12.3. The van der Waals surface area contributed by atoms with E-state index in [1.807, 2.05) is 6.07 Å². The number of aliphatic hydroxyl groups excluding tert-OH is 1. The van der Waals surface area contributed by atoms with Crippen molar-refractivity contribution >= 4 is 0 Å². The van der Waals surface area contributed by atoms with Gasteiger partial charge in [0, 0.05) is 11.6 Å². The number of phenolic OH excluding ortho intramolecular Hbond substituents is 1. The fourth-order valence-electron chi connectivity index (χ4n) is 2.94. The quantitative estimate of drug-likeness (QED) is 0.881. The van der Waals surface area contributed by atoms with Crippen LogP contribution in [0.4, 0.5) is 0 Å². The Balaban J connectivity index is 1.88. The van der Waals surface area contributed by atoms with Crippen LogP contribution in [0.15, 0.2) is 36.4 Å².